The van der Waals surface area contributed by atoms with Gasteiger partial charge < -0.3 is 10.6 Å². The SMILES string of the molecule is CN1CCCC1CNS(=O)(=O)c1ccc(CN)cc1. The number of sulfonamides is 1. The average molecular weight is 283 g/mol. The lowest BCUT2D eigenvalue weighted by atomic mass is 10.2. The number of benzene rings is 1. The number of likely N-dealkylation sites (tertiary alicyclic amines) is 1. The van der Waals surface area contributed by atoms with Gasteiger partial charge in [-0.05, 0) is 44.1 Å². The summed E-state index contributed by atoms with van der Waals surface area (Å²) in [4.78, 5) is 2.49. The van der Waals surface area contributed by atoms with Crippen molar-refractivity contribution in [2.75, 3.05) is 20.1 Å². The van der Waals surface area contributed by atoms with Gasteiger partial charge >= 0.3 is 0 Å². The van der Waals surface area contributed by atoms with Crippen molar-refractivity contribution in [2.45, 2.75) is 30.3 Å². The Morgan fingerprint density at radius 2 is 2.05 bits per heavy atom. The van der Waals surface area contributed by atoms with Crippen LogP contribution in [0.2, 0.25) is 0 Å². The van der Waals surface area contributed by atoms with Crippen molar-refractivity contribution in [3.63, 3.8) is 0 Å². The van der Waals surface area contributed by atoms with E-state index in [-0.39, 0.29) is 0 Å². The molecule has 0 spiro atoms. The lowest BCUT2D eigenvalue weighted by Crippen LogP contribution is -2.38. The molecular formula is C13H21N3O2S. The van der Waals surface area contributed by atoms with E-state index in [0.29, 0.717) is 24.0 Å². The van der Waals surface area contributed by atoms with E-state index < -0.39 is 10.0 Å². The Kier molecular flexibility index (Phi) is 4.57. The maximum atomic E-state index is 12.1. The average Bonchev–Trinajstić information content (AvgIpc) is 2.82. The summed E-state index contributed by atoms with van der Waals surface area (Å²) in [5.41, 5.74) is 6.42. The topological polar surface area (TPSA) is 75.4 Å². The van der Waals surface area contributed by atoms with Crippen LogP contribution in [0.3, 0.4) is 0 Å². The minimum absolute atomic E-state index is 0.297. The van der Waals surface area contributed by atoms with Crippen LogP contribution in [-0.2, 0) is 16.6 Å². The fourth-order valence-electron chi connectivity index (χ4n) is 2.33. The molecule has 5 nitrogen and oxygen atoms in total. The minimum atomic E-state index is -3.41. The van der Waals surface area contributed by atoms with Crippen LogP contribution in [-0.4, -0.2) is 39.5 Å². The van der Waals surface area contributed by atoms with Crippen LogP contribution in [0, 0.1) is 0 Å². The maximum absolute atomic E-state index is 12.1. The molecule has 1 heterocycles. The van der Waals surface area contributed by atoms with Gasteiger partial charge in [0.15, 0.2) is 0 Å². The van der Waals surface area contributed by atoms with Gasteiger partial charge in [-0.1, -0.05) is 12.1 Å². The van der Waals surface area contributed by atoms with Crippen molar-refractivity contribution >= 4 is 10.0 Å². The van der Waals surface area contributed by atoms with E-state index in [1.54, 1.807) is 24.3 Å². The Morgan fingerprint density at radius 3 is 2.58 bits per heavy atom. The van der Waals surface area contributed by atoms with E-state index in [1.165, 1.54) is 0 Å². The zero-order valence-corrected chi connectivity index (χ0v) is 12.0. The smallest absolute Gasteiger partial charge is 0.240 e. The molecule has 1 unspecified atom stereocenters. The second kappa shape index (κ2) is 6.00. The fourth-order valence-corrected chi connectivity index (χ4v) is 3.40. The lowest BCUT2D eigenvalue weighted by Gasteiger charge is -2.19. The summed E-state index contributed by atoms with van der Waals surface area (Å²) in [6.07, 6.45) is 2.18. The lowest BCUT2D eigenvalue weighted by molar-refractivity contribution is 0.311. The normalized spacial score (nSPS) is 20.8. The van der Waals surface area contributed by atoms with Crippen molar-refractivity contribution in [3.8, 4) is 0 Å². The first-order chi connectivity index (χ1) is 9.03. The predicted molar refractivity (Wildman–Crippen MR) is 75.2 cm³/mol. The zero-order valence-electron chi connectivity index (χ0n) is 11.2. The molecule has 0 bridgehead atoms. The molecule has 0 aliphatic carbocycles. The van der Waals surface area contributed by atoms with Gasteiger partial charge in [-0.25, -0.2) is 13.1 Å². The quantitative estimate of drug-likeness (QED) is 0.826. The fraction of sp³-hybridized carbons (Fsp3) is 0.538. The monoisotopic (exact) mass is 283 g/mol. The summed E-state index contributed by atoms with van der Waals surface area (Å²) in [6, 6.07) is 7.00. The van der Waals surface area contributed by atoms with Gasteiger partial charge in [0.2, 0.25) is 10.0 Å². The first-order valence-electron chi connectivity index (χ1n) is 6.52. The van der Waals surface area contributed by atoms with Gasteiger partial charge in [0.1, 0.15) is 0 Å². The first kappa shape index (κ1) is 14.5. The summed E-state index contributed by atoms with van der Waals surface area (Å²) >= 11 is 0. The molecule has 106 valence electrons. The third kappa shape index (κ3) is 3.54. The zero-order chi connectivity index (χ0) is 13.9. The highest BCUT2D eigenvalue weighted by molar-refractivity contribution is 7.89. The number of nitrogens with zero attached hydrogens (tertiary/aromatic N) is 1. The van der Waals surface area contributed by atoms with E-state index in [4.69, 9.17) is 5.73 Å². The molecule has 19 heavy (non-hydrogen) atoms. The van der Waals surface area contributed by atoms with Crippen molar-refractivity contribution in [3.05, 3.63) is 29.8 Å². The predicted octanol–water partition coefficient (Wildman–Crippen LogP) is 0.518. The first-order valence-corrected chi connectivity index (χ1v) is 8.00. The number of nitrogens with two attached hydrogens (primary N) is 1. The highest BCUT2D eigenvalue weighted by atomic mass is 32.2. The van der Waals surface area contributed by atoms with Gasteiger partial charge in [0.25, 0.3) is 0 Å². The molecule has 1 fully saturated rings. The Bertz CT molecular complexity index is 513. The van der Waals surface area contributed by atoms with Crippen LogP contribution in [0.5, 0.6) is 0 Å². The summed E-state index contributed by atoms with van der Waals surface area (Å²) in [5.74, 6) is 0. The minimum Gasteiger partial charge on any atom is -0.326 e. The van der Waals surface area contributed by atoms with Crippen molar-refractivity contribution in [1.29, 1.82) is 0 Å². The molecule has 0 aromatic heterocycles. The molecule has 6 heteroatoms. The van der Waals surface area contributed by atoms with Crippen LogP contribution in [0.15, 0.2) is 29.2 Å². The van der Waals surface area contributed by atoms with Gasteiger partial charge in [-0.2, -0.15) is 0 Å². The molecule has 0 saturated carbocycles. The summed E-state index contributed by atoms with van der Waals surface area (Å²) in [7, 11) is -1.38. The standard InChI is InChI=1S/C13H21N3O2S/c1-16-8-2-3-12(16)10-15-19(17,18)13-6-4-11(9-14)5-7-13/h4-7,12,15H,2-3,8-10,14H2,1H3. The van der Waals surface area contributed by atoms with E-state index in [9.17, 15) is 8.42 Å². The maximum Gasteiger partial charge on any atom is 0.240 e. The van der Waals surface area contributed by atoms with Crippen LogP contribution in [0.4, 0.5) is 0 Å². The van der Waals surface area contributed by atoms with Crippen molar-refractivity contribution in [1.82, 2.24) is 9.62 Å². The Hall–Kier alpha value is -0.950. The third-order valence-corrected chi connectivity index (χ3v) is 5.09. The molecule has 1 aliphatic heterocycles. The highest BCUT2D eigenvalue weighted by Crippen LogP contribution is 2.15. The number of hydrogen-bond donors (Lipinski definition) is 2. The van der Waals surface area contributed by atoms with Crippen LogP contribution in [0.1, 0.15) is 18.4 Å². The molecule has 1 atom stereocenters. The molecule has 2 rings (SSSR count). The second-order valence-electron chi connectivity index (χ2n) is 4.98. The van der Waals surface area contributed by atoms with Crippen molar-refractivity contribution < 1.29 is 8.42 Å². The van der Waals surface area contributed by atoms with Crippen LogP contribution >= 0.6 is 0 Å². The summed E-state index contributed by atoms with van der Waals surface area (Å²) in [5, 5.41) is 0. The number of hydrogen-bond acceptors (Lipinski definition) is 4. The highest BCUT2D eigenvalue weighted by Gasteiger charge is 2.23. The molecule has 1 saturated heterocycles. The van der Waals surface area contributed by atoms with Gasteiger partial charge in [-0.15, -0.1) is 0 Å². The van der Waals surface area contributed by atoms with Gasteiger partial charge in [-0.3, -0.25) is 0 Å². The van der Waals surface area contributed by atoms with E-state index in [2.05, 4.69) is 9.62 Å². The number of likely N-dealkylation sites (N-methyl/N-ethyl adjacent to an activating group) is 1. The molecule has 1 aromatic rings. The Morgan fingerprint density at radius 1 is 1.37 bits per heavy atom. The largest absolute Gasteiger partial charge is 0.326 e. The van der Waals surface area contributed by atoms with E-state index in [1.807, 2.05) is 7.05 Å². The van der Waals surface area contributed by atoms with Gasteiger partial charge in [0, 0.05) is 19.1 Å². The second-order valence-corrected chi connectivity index (χ2v) is 6.74. The van der Waals surface area contributed by atoms with E-state index in [0.717, 1.165) is 24.9 Å². The van der Waals surface area contributed by atoms with Gasteiger partial charge in [0.05, 0.1) is 4.90 Å². The summed E-state index contributed by atoms with van der Waals surface area (Å²) < 4.78 is 27.0. The number of nitrogens with one attached hydrogen (secondary N) is 1. The van der Waals surface area contributed by atoms with Crippen LogP contribution < -0.4 is 10.5 Å². The van der Waals surface area contributed by atoms with Crippen LogP contribution in [0.25, 0.3) is 0 Å². The molecular weight excluding hydrogens is 262 g/mol. The Labute approximate surface area is 114 Å². The number of rotatable bonds is 5. The summed E-state index contributed by atoms with van der Waals surface area (Å²) in [6.45, 7) is 1.93. The molecule has 0 amide bonds. The van der Waals surface area contributed by atoms with E-state index >= 15 is 0 Å². The third-order valence-electron chi connectivity index (χ3n) is 3.65. The molecule has 3 N–H and O–H groups in total. The van der Waals surface area contributed by atoms with Crippen molar-refractivity contribution in [2.24, 2.45) is 5.73 Å². The molecule has 0 radical (unpaired) electrons. The Balaban J connectivity index is 2.01. The molecule has 1 aliphatic rings. The molecule has 1 aromatic carbocycles.